The zero-order chi connectivity index (χ0) is 13.4. The summed E-state index contributed by atoms with van der Waals surface area (Å²) in [5.74, 6) is -1.95. The highest BCUT2D eigenvalue weighted by molar-refractivity contribution is 5.85. The summed E-state index contributed by atoms with van der Waals surface area (Å²) in [4.78, 5) is 23.0. The molecule has 18 heavy (non-hydrogen) atoms. The van der Waals surface area contributed by atoms with E-state index >= 15 is 0 Å². The largest absolute Gasteiger partial charge is 0.481 e. The first-order valence-corrected chi connectivity index (χ1v) is 6.82. The molecule has 0 aromatic carbocycles. The van der Waals surface area contributed by atoms with Crippen LogP contribution in [0, 0.1) is 11.8 Å². The second-order valence-electron chi connectivity index (χ2n) is 4.85. The summed E-state index contributed by atoms with van der Waals surface area (Å²) < 4.78 is 0. The van der Waals surface area contributed by atoms with Gasteiger partial charge < -0.3 is 10.4 Å². The molecule has 0 heterocycles. The van der Waals surface area contributed by atoms with Crippen molar-refractivity contribution in [3.63, 3.8) is 0 Å². The van der Waals surface area contributed by atoms with Crippen LogP contribution in [0.15, 0.2) is 12.2 Å². The van der Waals surface area contributed by atoms with Crippen molar-refractivity contribution in [3.8, 4) is 0 Å². The van der Waals surface area contributed by atoms with E-state index in [2.05, 4.69) is 12.2 Å². The van der Waals surface area contributed by atoms with Gasteiger partial charge in [0.2, 0.25) is 5.91 Å². The number of nitrogens with one attached hydrogen (secondary N) is 1. The molecule has 1 rings (SSSR count). The van der Waals surface area contributed by atoms with Crippen LogP contribution in [0.3, 0.4) is 0 Å². The van der Waals surface area contributed by atoms with Crippen molar-refractivity contribution in [1.82, 2.24) is 5.32 Å². The Kier molecular flexibility index (Phi) is 6.47. The number of hydrogen-bond donors (Lipinski definition) is 2. The number of aliphatic carboxylic acids is 1. The minimum atomic E-state index is -0.870. The highest BCUT2D eigenvalue weighted by Gasteiger charge is 2.33. The van der Waals surface area contributed by atoms with Crippen LogP contribution in [-0.4, -0.2) is 23.5 Å². The minimum Gasteiger partial charge on any atom is -0.481 e. The molecule has 0 unspecified atom stereocenters. The predicted molar refractivity (Wildman–Crippen MR) is 70.1 cm³/mol. The smallest absolute Gasteiger partial charge is 0.307 e. The predicted octanol–water partition coefficient (Wildman–Crippen LogP) is 2.35. The summed E-state index contributed by atoms with van der Waals surface area (Å²) in [6.07, 6.45) is 9.19. The Bertz CT molecular complexity index is 312. The summed E-state index contributed by atoms with van der Waals surface area (Å²) in [6.45, 7) is 2.80. The van der Waals surface area contributed by atoms with Crippen LogP contribution in [0.1, 0.15) is 45.4 Å². The normalized spacial score (nSPS) is 22.7. The molecule has 0 aromatic heterocycles. The first kappa shape index (κ1) is 14.7. The number of carbonyl (C=O) groups excluding carboxylic acids is 1. The molecule has 0 saturated carbocycles. The molecule has 1 aliphatic carbocycles. The third kappa shape index (κ3) is 4.51. The maximum atomic E-state index is 11.9. The first-order chi connectivity index (χ1) is 8.66. The first-order valence-electron chi connectivity index (χ1n) is 6.82. The average molecular weight is 253 g/mol. The molecule has 102 valence electrons. The van der Waals surface area contributed by atoms with E-state index in [4.69, 9.17) is 5.11 Å². The number of rotatable bonds is 7. The third-order valence-electron chi connectivity index (χ3n) is 3.42. The van der Waals surface area contributed by atoms with Crippen molar-refractivity contribution < 1.29 is 14.7 Å². The van der Waals surface area contributed by atoms with Crippen LogP contribution in [0.5, 0.6) is 0 Å². The number of carboxylic acids is 1. The molecule has 0 fully saturated rings. The SMILES string of the molecule is CCCCCCNC(=O)[C@@H]1CC=CC[C@H]1C(=O)O. The van der Waals surface area contributed by atoms with Gasteiger partial charge in [-0.2, -0.15) is 0 Å². The molecule has 0 saturated heterocycles. The quantitative estimate of drug-likeness (QED) is 0.540. The molecule has 0 aliphatic heterocycles. The Morgan fingerprint density at radius 2 is 1.83 bits per heavy atom. The van der Waals surface area contributed by atoms with Crippen LogP contribution in [-0.2, 0) is 9.59 Å². The highest BCUT2D eigenvalue weighted by Crippen LogP contribution is 2.25. The number of unbranched alkanes of at least 4 members (excludes halogenated alkanes) is 3. The van der Waals surface area contributed by atoms with Gasteiger partial charge in [0.1, 0.15) is 0 Å². The van der Waals surface area contributed by atoms with Crippen LogP contribution in [0.4, 0.5) is 0 Å². The van der Waals surface area contributed by atoms with Gasteiger partial charge in [-0.1, -0.05) is 38.3 Å². The molecule has 0 spiro atoms. The topological polar surface area (TPSA) is 66.4 Å². The van der Waals surface area contributed by atoms with Crippen LogP contribution in [0.25, 0.3) is 0 Å². The molecular weight excluding hydrogens is 230 g/mol. The van der Waals surface area contributed by atoms with Gasteiger partial charge >= 0.3 is 5.97 Å². The van der Waals surface area contributed by atoms with E-state index in [-0.39, 0.29) is 5.91 Å². The van der Waals surface area contributed by atoms with E-state index < -0.39 is 17.8 Å². The monoisotopic (exact) mass is 253 g/mol. The van der Waals surface area contributed by atoms with E-state index in [1.54, 1.807) is 0 Å². The number of amides is 1. The van der Waals surface area contributed by atoms with Crippen molar-refractivity contribution in [2.45, 2.75) is 45.4 Å². The molecule has 1 amide bonds. The van der Waals surface area contributed by atoms with Crippen molar-refractivity contribution in [2.75, 3.05) is 6.54 Å². The Balaban J connectivity index is 2.35. The van der Waals surface area contributed by atoms with E-state index in [0.717, 1.165) is 12.8 Å². The molecule has 0 radical (unpaired) electrons. The molecule has 2 atom stereocenters. The lowest BCUT2D eigenvalue weighted by Crippen LogP contribution is -2.39. The zero-order valence-electron chi connectivity index (χ0n) is 11.0. The molecule has 4 heteroatoms. The second kappa shape index (κ2) is 7.90. The van der Waals surface area contributed by atoms with E-state index in [1.807, 2.05) is 12.2 Å². The van der Waals surface area contributed by atoms with E-state index in [0.29, 0.717) is 19.4 Å². The van der Waals surface area contributed by atoms with Crippen molar-refractivity contribution in [3.05, 3.63) is 12.2 Å². The maximum Gasteiger partial charge on any atom is 0.307 e. The fourth-order valence-corrected chi connectivity index (χ4v) is 2.27. The van der Waals surface area contributed by atoms with Gasteiger partial charge in [0.05, 0.1) is 11.8 Å². The molecule has 1 aliphatic rings. The Hall–Kier alpha value is -1.32. The number of hydrogen-bond acceptors (Lipinski definition) is 2. The van der Waals surface area contributed by atoms with Crippen LogP contribution in [0.2, 0.25) is 0 Å². The minimum absolute atomic E-state index is 0.108. The summed E-state index contributed by atoms with van der Waals surface area (Å²) in [7, 11) is 0. The lowest BCUT2D eigenvalue weighted by molar-refractivity contribution is -0.147. The van der Waals surface area contributed by atoms with Gasteiger partial charge in [0.15, 0.2) is 0 Å². The fraction of sp³-hybridized carbons (Fsp3) is 0.714. The maximum absolute atomic E-state index is 11.9. The standard InChI is InChI=1S/C14H23NO3/c1-2-3-4-7-10-15-13(16)11-8-5-6-9-12(11)14(17)18/h5-6,11-12H,2-4,7-10H2,1H3,(H,15,16)(H,17,18)/t11-,12-/m1/s1. The lowest BCUT2D eigenvalue weighted by atomic mass is 9.82. The van der Waals surface area contributed by atoms with Crippen molar-refractivity contribution in [2.24, 2.45) is 11.8 Å². The molecule has 0 bridgehead atoms. The van der Waals surface area contributed by atoms with Gasteiger partial charge in [0.25, 0.3) is 0 Å². The van der Waals surface area contributed by atoms with Gasteiger partial charge in [-0.25, -0.2) is 0 Å². The van der Waals surface area contributed by atoms with Crippen molar-refractivity contribution in [1.29, 1.82) is 0 Å². The average Bonchev–Trinajstić information content (AvgIpc) is 2.38. The zero-order valence-corrected chi connectivity index (χ0v) is 11.0. The second-order valence-corrected chi connectivity index (χ2v) is 4.85. The van der Waals surface area contributed by atoms with E-state index in [9.17, 15) is 9.59 Å². The van der Waals surface area contributed by atoms with Crippen molar-refractivity contribution >= 4 is 11.9 Å². The summed E-state index contributed by atoms with van der Waals surface area (Å²) >= 11 is 0. The third-order valence-corrected chi connectivity index (χ3v) is 3.42. The van der Waals surface area contributed by atoms with Gasteiger partial charge in [-0.15, -0.1) is 0 Å². The summed E-state index contributed by atoms with van der Waals surface area (Å²) in [5.41, 5.74) is 0. The van der Waals surface area contributed by atoms with E-state index in [1.165, 1.54) is 12.8 Å². The van der Waals surface area contributed by atoms with Gasteiger partial charge in [-0.05, 0) is 19.3 Å². The fourth-order valence-electron chi connectivity index (χ4n) is 2.27. The lowest BCUT2D eigenvalue weighted by Gasteiger charge is -2.24. The molecule has 4 nitrogen and oxygen atoms in total. The van der Waals surface area contributed by atoms with Crippen LogP contribution >= 0.6 is 0 Å². The summed E-state index contributed by atoms with van der Waals surface area (Å²) in [5, 5.41) is 11.9. The van der Waals surface area contributed by atoms with Crippen LogP contribution < -0.4 is 5.32 Å². The molecule has 0 aromatic rings. The molecule has 2 N–H and O–H groups in total. The Labute approximate surface area is 108 Å². The summed E-state index contributed by atoms with van der Waals surface area (Å²) in [6, 6.07) is 0. The highest BCUT2D eigenvalue weighted by atomic mass is 16.4. The Morgan fingerprint density at radius 3 is 2.44 bits per heavy atom. The van der Waals surface area contributed by atoms with Gasteiger partial charge in [-0.3, -0.25) is 9.59 Å². The Morgan fingerprint density at radius 1 is 1.17 bits per heavy atom. The number of carbonyl (C=O) groups is 2. The number of carboxylic acid groups (broad SMARTS) is 1. The number of allylic oxidation sites excluding steroid dienone is 2. The molecular formula is C14H23NO3. The van der Waals surface area contributed by atoms with Gasteiger partial charge in [0, 0.05) is 6.54 Å².